The summed E-state index contributed by atoms with van der Waals surface area (Å²) < 4.78 is 22.4. The molecule has 4 aromatic rings. The average molecular weight is 1010 g/mol. The van der Waals surface area contributed by atoms with Crippen molar-refractivity contribution in [2.24, 2.45) is 10.8 Å². The summed E-state index contributed by atoms with van der Waals surface area (Å²) in [6.07, 6.45) is 8.01. The van der Waals surface area contributed by atoms with Gasteiger partial charge in [0.2, 0.25) is 17.7 Å². The molecule has 0 bridgehead atoms. The first-order valence-corrected chi connectivity index (χ1v) is 26.2. The zero-order valence-electron chi connectivity index (χ0n) is 41.2. The molecule has 4 aromatic carbocycles. The molecule has 1 unspecified atom stereocenters. The van der Waals surface area contributed by atoms with E-state index in [2.05, 4.69) is 77.0 Å². The molecule has 4 saturated heterocycles. The van der Waals surface area contributed by atoms with Crippen molar-refractivity contribution in [1.29, 1.82) is 0 Å². The molecule has 71 heavy (non-hydrogen) atoms. The number of nitrogens with one attached hydrogen (secondary N) is 4. The third kappa shape index (κ3) is 8.36. The molecule has 5 fully saturated rings. The Bertz CT molecular complexity index is 2830. The van der Waals surface area contributed by atoms with Crippen LogP contribution in [0.5, 0.6) is 5.75 Å². The van der Waals surface area contributed by atoms with Crippen LogP contribution in [0.4, 0.5) is 21.5 Å². The Morgan fingerprint density at radius 2 is 1.76 bits per heavy atom. The molecular weight excluding hydrogens is 941 g/mol. The Morgan fingerprint density at radius 3 is 2.52 bits per heavy atom. The van der Waals surface area contributed by atoms with Gasteiger partial charge in [0.1, 0.15) is 17.6 Å². The van der Waals surface area contributed by atoms with Gasteiger partial charge in [-0.25, -0.2) is 4.39 Å². The molecule has 4 N–H and O–H groups in total. The number of hydrogen-bond donors (Lipinski definition) is 4. The third-order valence-corrected chi connectivity index (χ3v) is 17.8. The van der Waals surface area contributed by atoms with Crippen LogP contribution in [0.1, 0.15) is 130 Å². The molecule has 6 aliphatic heterocycles. The second-order valence-electron chi connectivity index (χ2n) is 22.8. The van der Waals surface area contributed by atoms with E-state index in [0.29, 0.717) is 59.2 Å². The van der Waals surface area contributed by atoms with E-state index in [1.165, 1.54) is 5.56 Å². The number of carbonyl (C=O) groups is 4. The summed E-state index contributed by atoms with van der Waals surface area (Å²) in [5.41, 5.74) is 6.16. The van der Waals surface area contributed by atoms with Gasteiger partial charge in [-0.05, 0) is 134 Å². The standard InChI is InChI=1S/C56H64Cl2FN7O5/c1-31-25-55(26-36(27-55)65-20-7-10-43(65)32-11-14-37-33(22-32)29-66(53(37)70)44-17-18-47(67)63-51(44)68)19-21-64(31)35-13-16-41(45(24-35)71-5)61-52(69)50-48(38-8-6-9-40(58)49(38)59)56(46(62-50)28-54(2,3)4)30-60-42-23-34(57)12-15-39(42)56/h6,8-9,11-16,22-24,31,36,43-44,46,48,50,60,62H,7,10,17-21,25-30H2,1-5H3,(H,61,69)(H,63,67,68)/t31-,36?,43-,44?,46-,48-,50+,55?,56-/m0/s1. The van der Waals surface area contributed by atoms with Crippen LogP contribution in [0.25, 0.3) is 0 Å². The summed E-state index contributed by atoms with van der Waals surface area (Å²) in [7, 11) is 1.63. The minimum absolute atomic E-state index is 0.0147. The number of amides is 4. The minimum Gasteiger partial charge on any atom is -0.494 e. The number of methoxy groups -OCH3 is 1. The lowest BCUT2D eigenvalue weighted by Gasteiger charge is -2.57. The van der Waals surface area contributed by atoms with Crippen LogP contribution in [-0.2, 0) is 26.3 Å². The fourth-order valence-electron chi connectivity index (χ4n) is 14.2. The maximum atomic E-state index is 16.4. The molecule has 15 heteroatoms. The van der Waals surface area contributed by atoms with Crippen molar-refractivity contribution in [3.05, 3.63) is 116 Å². The topological polar surface area (TPSA) is 135 Å². The van der Waals surface area contributed by atoms with Crippen molar-refractivity contribution in [2.45, 2.75) is 140 Å². The van der Waals surface area contributed by atoms with Gasteiger partial charge < -0.3 is 30.5 Å². The van der Waals surface area contributed by atoms with Crippen LogP contribution in [0.15, 0.2) is 72.8 Å². The summed E-state index contributed by atoms with van der Waals surface area (Å²) in [5.74, 6) is -1.67. The fraction of sp³-hybridized carbons (Fsp3) is 0.500. The van der Waals surface area contributed by atoms with Gasteiger partial charge in [-0.3, -0.25) is 29.4 Å². The van der Waals surface area contributed by atoms with Gasteiger partial charge in [-0.15, -0.1) is 0 Å². The summed E-state index contributed by atoms with van der Waals surface area (Å²) in [6.45, 7) is 11.7. The number of hydrogen-bond acceptors (Lipinski definition) is 9. The van der Waals surface area contributed by atoms with E-state index in [-0.39, 0.29) is 58.0 Å². The van der Waals surface area contributed by atoms with Gasteiger partial charge in [0.25, 0.3) is 5.91 Å². The Kier molecular flexibility index (Phi) is 12.2. The average Bonchev–Trinajstić information content (AvgIpc) is 4.10. The smallest absolute Gasteiger partial charge is 0.255 e. The maximum absolute atomic E-state index is 16.4. The van der Waals surface area contributed by atoms with Crippen LogP contribution >= 0.6 is 23.2 Å². The van der Waals surface area contributed by atoms with Crippen LogP contribution in [0.2, 0.25) is 10.0 Å². The van der Waals surface area contributed by atoms with Crippen molar-refractivity contribution >= 4 is 63.9 Å². The van der Waals surface area contributed by atoms with E-state index in [0.717, 1.165) is 80.5 Å². The van der Waals surface area contributed by atoms with Crippen LogP contribution in [0, 0.1) is 16.6 Å². The molecule has 7 aliphatic rings. The number of carbonyl (C=O) groups excluding carboxylic acids is 4. The van der Waals surface area contributed by atoms with Crippen LogP contribution in [-0.4, -0.2) is 90.4 Å². The molecule has 2 spiro atoms. The molecule has 1 saturated carbocycles. The van der Waals surface area contributed by atoms with Gasteiger partial charge >= 0.3 is 0 Å². The predicted octanol–water partition coefficient (Wildman–Crippen LogP) is 9.74. The number of ether oxygens (including phenoxy) is 1. The molecule has 374 valence electrons. The number of rotatable bonds is 9. The highest BCUT2D eigenvalue weighted by Gasteiger charge is 2.62. The van der Waals surface area contributed by atoms with Gasteiger partial charge in [0.15, 0.2) is 0 Å². The van der Waals surface area contributed by atoms with Crippen molar-refractivity contribution in [2.75, 3.05) is 42.3 Å². The van der Waals surface area contributed by atoms with E-state index in [4.69, 9.17) is 27.9 Å². The van der Waals surface area contributed by atoms with Gasteiger partial charge in [0.05, 0.1) is 23.9 Å². The number of anilines is 3. The van der Waals surface area contributed by atoms with Crippen LogP contribution in [0.3, 0.4) is 0 Å². The Morgan fingerprint density at radius 1 is 0.944 bits per heavy atom. The second-order valence-corrected chi connectivity index (χ2v) is 23.7. The second kappa shape index (κ2) is 18.1. The normalized spacial score (nSPS) is 30.4. The summed E-state index contributed by atoms with van der Waals surface area (Å²) >= 11 is 13.0. The Hall–Kier alpha value is -5.21. The summed E-state index contributed by atoms with van der Waals surface area (Å²) in [6, 6.07) is 22.6. The SMILES string of the molecule is COc1cc(N2CCC3(CC(N4CCC[C@H]4c4ccc5c(c4)CN(C4CCC(=O)NC4=O)C5=O)C3)C[C@@H]2C)ccc1NC(=O)[C@@H]1N[C@@H](CC(C)(C)C)[C@@]2(CNc3cc(Cl)ccc32)[C@H]1c1cccc(Cl)c1F. The Balaban J connectivity index is 0.772. The van der Waals surface area contributed by atoms with Gasteiger partial charge in [-0.2, -0.15) is 0 Å². The van der Waals surface area contributed by atoms with E-state index in [1.54, 1.807) is 30.2 Å². The van der Waals surface area contributed by atoms with Gasteiger partial charge in [-0.1, -0.05) is 74.3 Å². The maximum Gasteiger partial charge on any atom is 0.255 e. The molecule has 1 aliphatic carbocycles. The van der Waals surface area contributed by atoms with E-state index >= 15 is 4.39 Å². The number of halogens is 3. The molecule has 7 atom stereocenters. The number of likely N-dealkylation sites (tertiary alicyclic amines) is 1. The van der Waals surface area contributed by atoms with E-state index in [1.807, 2.05) is 36.4 Å². The molecule has 4 amide bonds. The molecular formula is C56H64Cl2FN7O5. The first-order chi connectivity index (χ1) is 34.0. The molecule has 0 radical (unpaired) electrons. The number of imide groups is 1. The molecule has 12 nitrogen and oxygen atoms in total. The van der Waals surface area contributed by atoms with E-state index in [9.17, 15) is 19.2 Å². The lowest BCUT2D eigenvalue weighted by molar-refractivity contribution is -0.137. The highest BCUT2D eigenvalue weighted by molar-refractivity contribution is 6.31. The predicted molar refractivity (Wildman–Crippen MR) is 275 cm³/mol. The van der Waals surface area contributed by atoms with Crippen molar-refractivity contribution < 1.29 is 28.3 Å². The first kappa shape index (κ1) is 48.1. The summed E-state index contributed by atoms with van der Waals surface area (Å²) in [4.78, 5) is 59.6. The van der Waals surface area contributed by atoms with E-state index < -0.39 is 29.2 Å². The zero-order valence-corrected chi connectivity index (χ0v) is 42.7. The lowest BCUT2D eigenvalue weighted by Crippen LogP contribution is -2.57. The largest absolute Gasteiger partial charge is 0.494 e. The Labute approximate surface area is 425 Å². The summed E-state index contributed by atoms with van der Waals surface area (Å²) in [5, 5.41) is 13.6. The molecule has 0 aromatic heterocycles. The van der Waals surface area contributed by atoms with Crippen LogP contribution < -0.4 is 30.9 Å². The zero-order chi connectivity index (χ0) is 49.7. The number of piperidine rings is 2. The van der Waals surface area contributed by atoms with Crippen molar-refractivity contribution in [3.8, 4) is 5.75 Å². The van der Waals surface area contributed by atoms with Gasteiger partial charge in [0, 0.05) is 89.6 Å². The number of fused-ring (bicyclic) bond motifs is 3. The highest BCUT2D eigenvalue weighted by atomic mass is 35.5. The minimum atomic E-state index is -0.819. The number of nitrogens with zero attached hydrogens (tertiary/aromatic N) is 3. The molecule has 11 rings (SSSR count). The lowest BCUT2D eigenvalue weighted by atomic mass is 9.58. The first-order valence-electron chi connectivity index (χ1n) is 25.5. The van der Waals surface area contributed by atoms with Crippen molar-refractivity contribution in [1.82, 2.24) is 20.4 Å². The molecule has 6 heterocycles. The monoisotopic (exact) mass is 1000 g/mol. The third-order valence-electron chi connectivity index (χ3n) is 17.3. The fourth-order valence-corrected chi connectivity index (χ4v) is 14.5. The quantitative estimate of drug-likeness (QED) is 0.121. The van der Waals surface area contributed by atoms with Crippen molar-refractivity contribution in [3.63, 3.8) is 0 Å². The number of benzene rings is 4. The highest BCUT2D eigenvalue weighted by Crippen LogP contribution is 2.58.